The van der Waals surface area contributed by atoms with Crippen LogP contribution in [0.2, 0.25) is 5.02 Å². The molecule has 4 aromatic rings. The molecule has 0 bridgehead atoms. The lowest BCUT2D eigenvalue weighted by molar-refractivity contribution is -0.383. The summed E-state index contributed by atoms with van der Waals surface area (Å²) in [5.74, 6) is -0.595. The number of benzene rings is 4. The number of anilines is 3. The van der Waals surface area contributed by atoms with Crippen LogP contribution in [0.3, 0.4) is 0 Å². The Bertz CT molecular complexity index is 1500. The van der Waals surface area contributed by atoms with E-state index in [1.807, 2.05) is 0 Å². The van der Waals surface area contributed by atoms with Crippen LogP contribution in [-0.2, 0) is 0 Å². The molecule has 34 heavy (non-hydrogen) atoms. The number of nitro groups is 1. The molecule has 0 saturated carbocycles. The largest absolute Gasteiger partial charge is 0.497 e. The minimum atomic E-state index is -0.642. The van der Waals surface area contributed by atoms with Crippen LogP contribution in [0.5, 0.6) is 5.75 Å². The predicted octanol–water partition coefficient (Wildman–Crippen LogP) is 5.95. The molecule has 8 nitrogen and oxygen atoms in total. The van der Waals surface area contributed by atoms with Crippen LogP contribution in [0.15, 0.2) is 72.8 Å². The molecule has 0 fully saturated rings. The van der Waals surface area contributed by atoms with Gasteiger partial charge >= 0.3 is 0 Å². The van der Waals surface area contributed by atoms with Gasteiger partial charge in [0.25, 0.3) is 17.5 Å². The number of hydrogen-bond acceptors (Lipinski definition) is 6. The standard InChI is InChI=1S/C25H16ClN3O5/c1-34-17-10-8-16(9-11-17)28-24(30)19-7-3-6-18-22(19)20(25(28)31)13-21(29(32)33)23(18)27-15-5-2-4-14(26)12-15/h2-13,27H,1H3. The maximum atomic E-state index is 13.5. The van der Waals surface area contributed by atoms with Crippen molar-refractivity contribution in [1.29, 1.82) is 0 Å². The highest BCUT2D eigenvalue weighted by Gasteiger charge is 2.37. The lowest BCUT2D eigenvalue weighted by Crippen LogP contribution is -2.40. The number of methoxy groups -OCH3 is 1. The number of amides is 2. The normalized spacial score (nSPS) is 12.7. The number of nitro benzene ring substituents is 1. The van der Waals surface area contributed by atoms with Gasteiger partial charge in [-0.05, 0) is 48.5 Å². The molecular formula is C25H16ClN3O5. The number of imide groups is 1. The molecule has 1 aliphatic heterocycles. The fourth-order valence-corrected chi connectivity index (χ4v) is 4.29. The Kier molecular flexibility index (Phi) is 5.14. The Labute approximate surface area is 198 Å². The highest BCUT2D eigenvalue weighted by molar-refractivity contribution is 6.37. The van der Waals surface area contributed by atoms with E-state index in [0.29, 0.717) is 32.9 Å². The number of ether oxygens (including phenoxy) is 1. The molecule has 4 aromatic carbocycles. The summed E-state index contributed by atoms with van der Waals surface area (Å²) in [5.41, 5.74) is 1.09. The minimum absolute atomic E-state index is 0.0735. The molecule has 0 aromatic heterocycles. The van der Waals surface area contributed by atoms with Crippen molar-refractivity contribution in [2.24, 2.45) is 0 Å². The number of rotatable bonds is 5. The third kappa shape index (κ3) is 3.41. The van der Waals surface area contributed by atoms with E-state index in [4.69, 9.17) is 16.3 Å². The molecule has 0 radical (unpaired) electrons. The van der Waals surface area contributed by atoms with Gasteiger partial charge in [-0.1, -0.05) is 29.8 Å². The molecule has 2 amide bonds. The molecule has 1 heterocycles. The van der Waals surface area contributed by atoms with Crippen LogP contribution in [-0.4, -0.2) is 23.8 Å². The summed E-state index contributed by atoms with van der Waals surface area (Å²) >= 11 is 6.07. The number of halogens is 1. The number of nitrogens with zero attached hydrogens (tertiary/aromatic N) is 2. The first-order chi connectivity index (χ1) is 16.4. The summed E-state index contributed by atoms with van der Waals surface area (Å²) in [6.07, 6.45) is 0. The lowest BCUT2D eigenvalue weighted by Gasteiger charge is -2.28. The van der Waals surface area contributed by atoms with Crippen LogP contribution in [0.25, 0.3) is 10.8 Å². The Hall–Kier alpha value is -4.43. The van der Waals surface area contributed by atoms with E-state index in [-0.39, 0.29) is 22.5 Å². The summed E-state index contributed by atoms with van der Waals surface area (Å²) in [7, 11) is 1.51. The van der Waals surface area contributed by atoms with Crippen molar-refractivity contribution in [1.82, 2.24) is 0 Å². The first kappa shape index (κ1) is 21.4. The van der Waals surface area contributed by atoms with Crippen molar-refractivity contribution in [2.75, 3.05) is 17.3 Å². The molecule has 1 aliphatic rings. The van der Waals surface area contributed by atoms with Crippen LogP contribution >= 0.6 is 11.6 Å². The second kappa shape index (κ2) is 8.17. The second-order valence-corrected chi connectivity index (χ2v) is 8.02. The Morgan fingerprint density at radius 3 is 2.32 bits per heavy atom. The van der Waals surface area contributed by atoms with Crippen LogP contribution in [0, 0.1) is 10.1 Å². The highest BCUT2D eigenvalue weighted by Crippen LogP contribution is 2.42. The highest BCUT2D eigenvalue weighted by atomic mass is 35.5. The summed E-state index contributed by atoms with van der Waals surface area (Å²) in [6.45, 7) is 0. The van der Waals surface area contributed by atoms with Crippen LogP contribution in [0.4, 0.5) is 22.7 Å². The Balaban J connectivity index is 1.72. The summed E-state index contributed by atoms with van der Waals surface area (Å²) < 4.78 is 5.15. The number of carbonyl (C=O) groups is 2. The number of hydrogen-bond donors (Lipinski definition) is 1. The summed E-state index contributed by atoms with van der Waals surface area (Å²) in [6, 6.07) is 19.3. The molecule has 168 valence electrons. The van der Waals surface area contributed by atoms with Gasteiger partial charge in [0.2, 0.25) is 0 Å². The third-order valence-corrected chi connectivity index (χ3v) is 5.86. The zero-order valence-electron chi connectivity index (χ0n) is 17.7. The van der Waals surface area contributed by atoms with Gasteiger partial charge in [-0.3, -0.25) is 19.7 Å². The van der Waals surface area contributed by atoms with Crippen LogP contribution in [0.1, 0.15) is 20.7 Å². The van der Waals surface area contributed by atoms with Gasteiger partial charge in [-0.15, -0.1) is 0 Å². The topological polar surface area (TPSA) is 102 Å². The number of nitrogens with one attached hydrogen (secondary N) is 1. The van der Waals surface area contributed by atoms with E-state index in [1.165, 1.54) is 13.2 Å². The minimum Gasteiger partial charge on any atom is -0.497 e. The number of carbonyl (C=O) groups excluding carboxylic acids is 2. The fraction of sp³-hybridized carbons (Fsp3) is 0.0400. The first-order valence-electron chi connectivity index (χ1n) is 10.2. The van der Waals surface area contributed by atoms with Crippen LogP contribution < -0.4 is 15.0 Å². The lowest BCUT2D eigenvalue weighted by atomic mass is 9.91. The first-order valence-corrected chi connectivity index (χ1v) is 10.6. The van der Waals surface area contributed by atoms with Gasteiger partial charge in [0.1, 0.15) is 11.4 Å². The van der Waals surface area contributed by atoms with E-state index < -0.39 is 16.7 Å². The average Bonchev–Trinajstić information content (AvgIpc) is 2.83. The maximum Gasteiger partial charge on any atom is 0.294 e. The molecular weight excluding hydrogens is 458 g/mol. The molecule has 1 N–H and O–H groups in total. The van der Waals surface area contributed by atoms with Crippen molar-refractivity contribution >= 4 is 56.9 Å². The van der Waals surface area contributed by atoms with Crippen molar-refractivity contribution in [3.8, 4) is 5.75 Å². The predicted molar refractivity (Wildman–Crippen MR) is 129 cm³/mol. The smallest absolute Gasteiger partial charge is 0.294 e. The van der Waals surface area contributed by atoms with Gasteiger partial charge in [-0.25, -0.2) is 4.90 Å². The van der Waals surface area contributed by atoms with Crippen molar-refractivity contribution < 1.29 is 19.2 Å². The van der Waals surface area contributed by atoms with E-state index >= 15 is 0 Å². The molecule has 0 spiro atoms. The van der Waals surface area contributed by atoms with Gasteiger partial charge in [-0.2, -0.15) is 0 Å². The third-order valence-electron chi connectivity index (χ3n) is 5.63. The maximum absolute atomic E-state index is 13.5. The zero-order valence-corrected chi connectivity index (χ0v) is 18.5. The van der Waals surface area contributed by atoms with Gasteiger partial charge in [0.15, 0.2) is 0 Å². The molecule has 0 unspecified atom stereocenters. The average molecular weight is 474 g/mol. The molecule has 0 aliphatic carbocycles. The molecule has 9 heteroatoms. The molecule has 5 rings (SSSR count). The van der Waals surface area contributed by atoms with E-state index in [2.05, 4.69) is 5.32 Å². The quantitative estimate of drug-likeness (QED) is 0.218. The van der Waals surface area contributed by atoms with Gasteiger partial charge < -0.3 is 10.1 Å². The van der Waals surface area contributed by atoms with Crippen molar-refractivity contribution in [3.63, 3.8) is 0 Å². The second-order valence-electron chi connectivity index (χ2n) is 7.58. The van der Waals surface area contributed by atoms with Gasteiger partial charge in [0, 0.05) is 33.1 Å². The zero-order chi connectivity index (χ0) is 24.0. The van der Waals surface area contributed by atoms with Crippen molar-refractivity contribution in [2.45, 2.75) is 0 Å². The molecule has 0 saturated heterocycles. The Morgan fingerprint density at radius 1 is 0.941 bits per heavy atom. The van der Waals surface area contributed by atoms with Gasteiger partial charge in [0.05, 0.1) is 23.3 Å². The summed E-state index contributed by atoms with van der Waals surface area (Å²) in [4.78, 5) is 39.4. The fourth-order valence-electron chi connectivity index (χ4n) is 4.10. The van der Waals surface area contributed by atoms with E-state index in [9.17, 15) is 19.7 Å². The van der Waals surface area contributed by atoms with E-state index in [1.54, 1.807) is 66.7 Å². The Morgan fingerprint density at radius 2 is 1.65 bits per heavy atom. The molecule has 0 atom stereocenters. The monoisotopic (exact) mass is 473 g/mol. The summed E-state index contributed by atoms with van der Waals surface area (Å²) in [5, 5.41) is 16.3. The van der Waals surface area contributed by atoms with E-state index in [0.717, 1.165) is 4.90 Å². The SMILES string of the molecule is COc1ccc(N2C(=O)c3cccc4c(Nc5cccc(Cl)c5)c([N+](=O)[O-])cc(c34)C2=O)cc1. The van der Waals surface area contributed by atoms with Crippen molar-refractivity contribution in [3.05, 3.63) is 99.1 Å².